The summed E-state index contributed by atoms with van der Waals surface area (Å²) in [5.41, 5.74) is 1.11. The van der Waals surface area contributed by atoms with Gasteiger partial charge in [0.25, 0.3) is 0 Å². The monoisotopic (exact) mass is 217 g/mol. The van der Waals surface area contributed by atoms with Gasteiger partial charge < -0.3 is 9.69 Å². The fourth-order valence-electron chi connectivity index (χ4n) is 2.08. The molecule has 2 rings (SSSR count). The number of amides is 1. The predicted octanol–water partition coefficient (Wildman–Crippen LogP) is 1.48. The fraction of sp³-hybridized carbons (Fsp3) is 0.385. The van der Waals surface area contributed by atoms with Crippen LogP contribution in [0.3, 0.4) is 0 Å². The van der Waals surface area contributed by atoms with Crippen molar-refractivity contribution in [3.8, 4) is 0 Å². The Bertz CT molecular complexity index is 388. The molecule has 0 bridgehead atoms. The lowest BCUT2D eigenvalue weighted by Gasteiger charge is -2.15. The molecule has 1 aliphatic rings. The van der Waals surface area contributed by atoms with Crippen molar-refractivity contribution in [2.45, 2.75) is 13.5 Å². The molecule has 16 heavy (non-hydrogen) atoms. The number of nitrogens with zero attached hydrogens (tertiary/aromatic N) is 1. The van der Waals surface area contributed by atoms with Gasteiger partial charge in [0.2, 0.25) is 5.91 Å². The molecule has 1 aliphatic heterocycles. The van der Waals surface area contributed by atoms with Crippen LogP contribution in [0.15, 0.2) is 30.3 Å². The van der Waals surface area contributed by atoms with Crippen molar-refractivity contribution in [3.05, 3.63) is 35.9 Å². The summed E-state index contributed by atoms with van der Waals surface area (Å²) in [5.74, 6) is -0.224. The molecule has 0 radical (unpaired) electrons. The molecule has 1 amide bonds. The molecule has 2 unspecified atom stereocenters. The Morgan fingerprint density at radius 2 is 2.06 bits per heavy atom. The number of benzene rings is 1. The van der Waals surface area contributed by atoms with E-state index < -0.39 is 0 Å². The van der Waals surface area contributed by atoms with E-state index in [2.05, 4.69) is 0 Å². The molecular formula is C13H15NO2. The molecule has 1 aromatic rings. The molecule has 0 N–H and O–H groups in total. The minimum absolute atomic E-state index is 0.0842. The number of carbonyl (C=O) groups is 2. The fourth-order valence-corrected chi connectivity index (χ4v) is 2.08. The van der Waals surface area contributed by atoms with Gasteiger partial charge >= 0.3 is 0 Å². The zero-order valence-electron chi connectivity index (χ0n) is 9.30. The summed E-state index contributed by atoms with van der Waals surface area (Å²) in [6.45, 7) is 2.99. The highest BCUT2D eigenvalue weighted by Crippen LogP contribution is 2.24. The summed E-state index contributed by atoms with van der Waals surface area (Å²) in [6.07, 6.45) is 0.896. The maximum atomic E-state index is 11.8. The van der Waals surface area contributed by atoms with Crippen LogP contribution in [-0.4, -0.2) is 23.6 Å². The van der Waals surface area contributed by atoms with Gasteiger partial charge in [-0.1, -0.05) is 37.3 Å². The largest absolute Gasteiger partial charge is 0.337 e. The molecule has 0 saturated carbocycles. The molecule has 84 valence electrons. The Kier molecular flexibility index (Phi) is 3.04. The average Bonchev–Trinajstić information content (AvgIpc) is 2.58. The van der Waals surface area contributed by atoms with Crippen LogP contribution < -0.4 is 0 Å². The van der Waals surface area contributed by atoms with E-state index in [9.17, 15) is 9.59 Å². The lowest BCUT2D eigenvalue weighted by atomic mass is 10.00. The van der Waals surface area contributed by atoms with Crippen LogP contribution in [0.2, 0.25) is 0 Å². The van der Waals surface area contributed by atoms with Gasteiger partial charge in [-0.15, -0.1) is 0 Å². The Morgan fingerprint density at radius 3 is 2.62 bits per heavy atom. The Labute approximate surface area is 95.1 Å². The Balaban J connectivity index is 2.07. The van der Waals surface area contributed by atoms with Crippen molar-refractivity contribution in [3.63, 3.8) is 0 Å². The number of rotatable bonds is 3. The number of likely N-dealkylation sites (tertiary alicyclic amines) is 1. The Morgan fingerprint density at radius 1 is 1.38 bits per heavy atom. The number of hydrogen-bond donors (Lipinski definition) is 0. The van der Waals surface area contributed by atoms with Gasteiger partial charge in [-0.3, -0.25) is 4.79 Å². The number of hydrogen-bond acceptors (Lipinski definition) is 2. The molecule has 0 spiro atoms. The van der Waals surface area contributed by atoms with Gasteiger partial charge in [0, 0.05) is 24.9 Å². The van der Waals surface area contributed by atoms with Gasteiger partial charge in [0.15, 0.2) is 0 Å². The standard InChI is InChI=1S/C13H15NO2/c1-10-12(9-15)8-14(13(10)16)7-11-5-3-2-4-6-11/h2-6,9-10,12H,7-8H2,1H3. The predicted molar refractivity (Wildman–Crippen MR) is 60.6 cm³/mol. The summed E-state index contributed by atoms with van der Waals surface area (Å²) < 4.78 is 0. The lowest BCUT2D eigenvalue weighted by Crippen LogP contribution is -2.26. The molecule has 1 saturated heterocycles. The first-order valence-corrected chi connectivity index (χ1v) is 5.50. The molecule has 1 aromatic carbocycles. The highest BCUT2D eigenvalue weighted by atomic mass is 16.2. The minimum atomic E-state index is -0.166. The third-order valence-corrected chi connectivity index (χ3v) is 3.17. The molecular weight excluding hydrogens is 202 g/mol. The van der Waals surface area contributed by atoms with Crippen molar-refractivity contribution in [1.82, 2.24) is 4.90 Å². The molecule has 1 fully saturated rings. The molecule has 0 aliphatic carbocycles. The summed E-state index contributed by atoms with van der Waals surface area (Å²) >= 11 is 0. The molecule has 2 atom stereocenters. The first kappa shape index (κ1) is 10.9. The van der Waals surface area contributed by atoms with E-state index >= 15 is 0 Å². The summed E-state index contributed by atoms with van der Waals surface area (Å²) in [4.78, 5) is 24.4. The molecule has 3 heteroatoms. The summed E-state index contributed by atoms with van der Waals surface area (Å²) in [6, 6.07) is 9.84. The van der Waals surface area contributed by atoms with Crippen molar-refractivity contribution in [2.75, 3.05) is 6.54 Å². The van der Waals surface area contributed by atoms with E-state index in [0.29, 0.717) is 13.1 Å². The van der Waals surface area contributed by atoms with E-state index in [1.54, 1.807) is 4.90 Å². The topological polar surface area (TPSA) is 37.4 Å². The van der Waals surface area contributed by atoms with Crippen LogP contribution in [-0.2, 0) is 16.1 Å². The van der Waals surface area contributed by atoms with E-state index in [1.165, 1.54) is 0 Å². The first-order chi connectivity index (χ1) is 7.72. The average molecular weight is 217 g/mol. The third kappa shape index (κ3) is 1.98. The number of carbonyl (C=O) groups excluding carboxylic acids is 2. The summed E-state index contributed by atoms with van der Waals surface area (Å²) in [5, 5.41) is 0. The van der Waals surface area contributed by atoms with Gasteiger partial charge in [0.05, 0.1) is 0 Å². The molecule has 1 heterocycles. The quantitative estimate of drug-likeness (QED) is 0.719. The van der Waals surface area contributed by atoms with Gasteiger partial charge in [-0.05, 0) is 5.56 Å². The van der Waals surface area contributed by atoms with E-state index in [-0.39, 0.29) is 17.7 Å². The second-order valence-electron chi connectivity index (χ2n) is 4.29. The van der Waals surface area contributed by atoms with E-state index in [4.69, 9.17) is 0 Å². The normalized spacial score (nSPS) is 24.8. The van der Waals surface area contributed by atoms with Gasteiger partial charge in [-0.25, -0.2) is 0 Å². The van der Waals surface area contributed by atoms with Crippen LogP contribution in [0, 0.1) is 11.8 Å². The Hall–Kier alpha value is -1.64. The van der Waals surface area contributed by atoms with Crippen molar-refractivity contribution in [1.29, 1.82) is 0 Å². The van der Waals surface area contributed by atoms with Gasteiger partial charge in [-0.2, -0.15) is 0 Å². The van der Waals surface area contributed by atoms with Crippen LogP contribution in [0.4, 0.5) is 0 Å². The van der Waals surface area contributed by atoms with Crippen molar-refractivity contribution in [2.24, 2.45) is 11.8 Å². The maximum Gasteiger partial charge on any atom is 0.226 e. The second-order valence-corrected chi connectivity index (χ2v) is 4.29. The smallest absolute Gasteiger partial charge is 0.226 e. The molecule has 0 aromatic heterocycles. The highest BCUT2D eigenvalue weighted by Gasteiger charge is 2.36. The third-order valence-electron chi connectivity index (χ3n) is 3.17. The van der Waals surface area contributed by atoms with Crippen LogP contribution in [0.25, 0.3) is 0 Å². The van der Waals surface area contributed by atoms with Crippen LogP contribution in [0.5, 0.6) is 0 Å². The minimum Gasteiger partial charge on any atom is -0.337 e. The van der Waals surface area contributed by atoms with Crippen LogP contribution in [0.1, 0.15) is 12.5 Å². The van der Waals surface area contributed by atoms with Gasteiger partial charge in [0.1, 0.15) is 6.29 Å². The van der Waals surface area contributed by atoms with Crippen molar-refractivity contribution >= 4 is 12.2 Å². The first-order valence-electron chi connectivity index (χ1n) is 5.50. The number of aldehydes is 1. The zero-order valence-corrected chi connectivity index (χ0v) is 9.30. The lowest BCUT2D eigenvalue weighted by molar-refractivity contribution is -0.131. The van der Waals surface area contributed by atoms with E-state index in [1.807, 2.05) is 37.3 Å². The second kappa shape index (κ2) is 4.47. The SMILES string of the molecule is CC1C(=O)N(Cc2ccccc2)CC1C=O. The summed E-state index contributed by atoms with van der Waals surface area (Å²) in [7, 11) is 0. The van der Waals surface area contributed by atoms with E-state index in [0.717, 1.165) is 11.8 Å². The van der Waals surface area contributed by atoms with Crippen LogP contribution >= 0.6 is 0 Å². The van der Waals surface area contributed by atoms with Crippen molar-refractivity contribution < 1.29 is 9.59 Å². The zero-order chi connectivity index (χ0) is 11.5. The highest BCUT2D eigenvalue weighted by molar-refractivity contribution is 5.85. The maximum absolute atomic E-state index is 11.8. The molecule has 3 nitrogen and oxygen atoms in total.